The maximum absolute atomic E-state index is 4.09. The lowest BCUT2D eigenvalue weighted by Gasteiger charge is -1.95. The first kappa shape index (κ1) is 6.28. The number of aromatic nitrogens is 2. The van der Waals surface area contributed by atoms with E-state index >= 15 is 0 Å². The molecule has 1 radical (unpaired) electrons. The number of rotatable bonds is 0. The van der Waals surface area contributed by atoms with Gasteiger partial charge >= 0.3 is 0 Å². The fraction of sp³-hybridized carbons (Fsp3) is 0. The molecule has 2 nitrogen and oxygen atoms in total. The molecular formula is C9H7N2. The molecule has 1 aromatic heterocycles. The minimum absolute atomic E-state index is 0.951. The lowest BCUT2D eigenvalue weighted by atomic mass is 10.2. The zero-order valence-electron chi connectivity index (χ0n) is 5.99. The molecule has 0 fully saturated rings. The van der Waals surface area contributed by atoms with E-state index in [4.69, 9.17) is 0 Å². The molecule has 0 spiro atoms. The summed E-state index contributed by atoms with van der Waals surface area (Å²) in [6.45, 7) is 3.81. The third kappa shape index (κ3) is 1.07. The molecule has 53 valence electrons. The van der Waals surface area contributed by atoms with Crippen molar-refractivity contribution in [3.8, 4) is 0 Å². The fourth-order valence-corrected chi connectivity index (χ4v) is 1.02. The van der Waals surface area contributed by atoms with Crippen LogP contribution in [0.1, 0.15) is 5.56 Å². The van der Waals surface area contributed by atoms with Crippen LogP contribution in [0.2, 0.25) is 0 Å². The van der Waals surface area contributed by atoms with Crippen molar-refractivity contribution in [1.82, 2.24) is 9.97 Å². The number of hydrogen-bond donors (Lipinski definition) is 0. The molecule has 0 N–H and O–H groups in total. The molecule has 0 unspecified atom stereocenters. The van der Waals surface area contributed by atoms with Crippen molar-refractivity contribution >= 4 is 10.9 Å². The van der Waals surface area contributed by atoms with Gasteiger partial charge in [-0.2, -0.15) is 0 Å². The van der Waals surface area contributed by atoms with Crippen LogP contribution >= 0.6 is 0 Å². The van der Waals surface area contributed by atoms with Crippen LogP contribution in [0.5, 0.6) is 0 Å². The molecule has 0 amide bonds. The van der Waals surface area contributed by atoms with E-state index in [1.165, 1.54) is 0 Å². The van der Waals surface area contributed by atoms with Crippen LogP contribution in [0.15, 0.2) is 30.7 Å². The van der Waals surface area contributed by atoms with Crippen LogP contribution in [0, 0.1) is 6.92 Å². The topological polar surface area (TPSA) is 25.8 Å². The van der Waals surface area contributed by atoms with Gasteiger partial charge in [-0.1, -0.05) is 12.1 Å². The van der Waals surface area contributed by atoms with E-state index < -0.39 is 0 Å². The van der Waals surface area contributed by atoms with Gasteiger partial charge in [-0.3, -0.25) is 0 Å². The van der Waals surface area contributed by atoms with E-state index in [-0.39, 0.29) is 0 Å². The van der Waals surface area contributed by atoms with Crippen molar-refractivity contribution in [1.29, 1.82) is 0 Å². The molecule has 11 heavy (non-hydrogen) atoms. The third-order valence-electron chi connectivity index (χ3n) is 1.57. The molecule has 0 bridgehead atoms. The molecular weight excluding hydrogens is 136 g/mol. The summed E-state index contributed by atoms with van der Waals surface area (Å²) < 4.78 is 0. The molecule has 0 aliphatic heterocycles. The number of hydrogen-bond acceptors (Lipinski definition) is 2. The zero-order valence-corrected chi connectivity index (χ0v) is 5.99. The van der Waals surface area contributed by atoms with Crippen LogP contribution in [0.25, 0.3) is 10.9 Å². The molecule has 0 aliphatic rings. The Balaban J connectivity index is 2.83. The maximum atomic E-state index is 4.09. The minimum atomic E-state index is 0.951. The van der Waals surface area contributed by atoms with Crippen molar-refractivity contribution in [2.75, 3.05) is 0 Å². The van der Waals surface area contributed by atoms with Gasteiger partial charge in [-0.15, -0.1) is 0 Å². The second-order valence-electron chi connectivity index (χ2n) is 2.42. The van der Waals surface area contributed by atoms with E-state index in [0.29, 0.717) is 0 Å². The predicted molar refractivity (Wildman–Crippen MR) is 44.0 cm³/mol. The van der Waals surface area contributed by atoms with E-state index in [9.17, 15) is 0 Å². The SMILES string of the molecule is [CH2]c1ccc2cncnc2c1. The van der Waals surface area contributed by atoms with Crippen molar-refractivity contribution in [2.24, 2.45) is 0 Å². The van der Waals surface area contributed by atoms with Gasteiger partial charge in [0.05, 0.1) is 5.52 Å². The van der Waals surface area contributed by atoms with E-state index in [1.807, 2.05) is 18.2 Å². The highest BCUT2D eigenvalue weighted by Gasteiger charge is 1.91. The van der Waals surface area contributed by atoms with Gasteiger partial charge in [0.15, 0.2) is 0 Å². The van der Waals surface area contributed by atoms with Gasteiger partial charge in [-0.05, 0) is 18.6 Å². The average Bonchev–Trinajstić information content (AvgIpc) is 2.04. The van der Waals surface area contributed by atoms with Gasteiger partial charge in [0, 0.05) is 11.6 Å². The number of fused-ring (bicyclic) bond motifs is 1. The quantitative estimate of drug-likeness (QED) is 0.562. The molecule has 0 aliphatic carbocycles. The van der Waals surface area contributed by atoms with Gasteiger partial charge in [0.2, 0.25) is 0 Å². The summed E-state index contributed by atoms with van der Waals surface area (Å²) >= 11 is 0. The predicted octanol–water partition coefficient (Wildman–Crippen LogP) is 1.81. The first-order chi connectivity index (χ1) is 5.36. The Morgan fingerprint density at radius 3 is 3.09 bits per heavy atom. The summed E-state index contributed by atoms with van der Waals surface area (Å²) in [7, 11) is 0. The molecule has 1 aromatic carbocycles. The van der Waals surface area contributed by atoms with Crippen LogP contribution in [-0.4, -0.2) is 9.97 Å². The third-order valence-corrected chi connectivity index (χ3v) is 1.57. The summed E-state index contributed by atoms with van der Waals surface area (Å²) in [6, 6.07) is 5.86. The smallest absolute Gasteiger partial charge is 0.116 e. The molecule has 2 aromatic rings. The lowest BCUT2D eigenvalue weighted by Crippen LogP contribution is -1.80. The average molecular weight is 143 g/mol. The number of benzene rings is 1. The van der Waals surface area contributed by atoms with Gasteiger partial charge < -0.3 is 0 Å². The first-order valence-electron chi connectivity index (χ1n) is 3.38. The summed E-state index contributed by atoms with van der Waals surface area (Å²) in [5.74, 6) is 0. The largest absolute Gasteiger partial charge is 0.244 e. The molecule has 2 rings (SSSR count). The molecule has 0 saturated carbocycles. The fourth-order valence-electron chi connectivity index (χ4n) is 1.02. The van der Waals surface area contributed by atoms with E-state index in [0.717, 1.165) is 16.5 Å². The first-order valence-corrected chi connectivity index (χ1v) is 3.38. The Hall–Kier alpha value is -1.44. The van der Waals surface area contributed by atoms with E-state index in [2.05, 4.69) is 16.9 Å². The van der Waals surface area contributed by atoms with Crippen molar-refractivity contribution < 1.29 is 0 Å². The Kier molecular flexibility index (Phi) is 1.32. The standard InChI is InChI=1S/C9H7N2/c1-7-2-3-8-5-10-6-11-9(8)4-7/h2-6H,1H2. The second kappa shape index (κ2) is 2.31. The maximum Gasteiger partial charge on any atom is 0.116 e. The molecule has 1 heterocycles. The summed E-state index contributed by atoms with van der Waals surface area (Å²) in [5.41, 5.74) is 1.93. The Morgan fingerprint density at radius 1 is 1.27 bits per heavy atom. The minimum Gasteiger partial charge on any atom is -0.244 e. The summed E-state index contributed by atoms with van der Waals surface area (Å²) in [4.78, 5) is 8.00. The van der Waals surface area contributed by atoms with Crippen LogP contribution in [0.3, 0.4) is 0 Å². The van der Waals surface area contributed by atoms with Crippen LogP contribution in [0.4, 0.5) is 0 Å². The molecule has 2 heteroatoms. The van der Waals surface area contributed by atoms with Crippen LogP contribution < -0.4 is 0 Å². The van der Waals surface area contributed by atoms with Gasteiger partial charge in [-0.25, -0.2) is 9.97 Å². The highest BCUT2D eigenvalue weighted by molar-refractivity contribution is 5.78. The van der Waals surface area contributed by atoms with Gasteiger partial charge in [0.25, 0.3) is 0 Å². The Bertz CT molecular complexity index is 382. The number of nitrogens with zero attached hydrogens (tertiary/aromatic N) is 2. The second-order valence-corrected chi connectivity index (χ2v) is 2.42. The molecule has 0 atom stereocenters. The van der Waals surface area contributed by atoms with Crippen LogP contribution in [-0.2, 0) is 0 Å². The van der Waals surface area contributed by atoms with Gasteiger partial charge in [0.1, 0.15) is 6.33 Å². The summed E-state index contributed by atoms with van der Waals surface area (Å²) in [5, 5.41) is 1.06. The van der Waals surface area contributed by atoms with Crippen molar-refractivity contribution in [2.45, 2.75) is 0 Å². The van der Waals surface area contributed by atoms with E-state index in [1.54, 1.807) is 12.5 Å². The zero-order chi connectivity index (χ0) is 7.68. The Labute approximate surface area is 64.9 Å². The summed E-state index contributed by atoms with van der Waals surface area (Å²) in [6.07, 6.45) is 3.34. The normalized spacial score (nSPS) is 10.3. The molecule has 0 saturated heterocycles. The van der Waals surface area contributed by atoms with Crippen molar-refractivity contribution in [3.63, 3.8) is 0 Å². The highest BCUT2D eigenvalue weighted by atomic mass is 14.8. The lowest BCUT2D eigenvalue weighted by molar-refractivity contribution is 1.22. The van der Waals surface area contributed by atoms with Crippen molar-refractivity contribution in [3.05, 3.63) is 43.2 Å². The monoisotopic (exact) mass is 143 g/mol. The highest BCUT2D eigenvalue weighted by Crippen LogP contribution is 2.10. The Morgan fingerprint density at radius 2 is 2.18 bits per heavy atom.